The summed E-state index contributed by atoms with van der Waals surface area (Å²) in [6, 6.07) is 9.32. The van der Waals surface area contributed by atoms with E-state index >= 15 is 0 Å². The smallest absolute Gasteiger partial charge is 0.417 e. The number of rotatable bonds is 2. The van der Waals surface area contributed by atoms with E-state index in [2.05, 4.69) is 0 Å². The molecule has 20 heavy (non-hydrogen) atoms. The number of carboxylic acid groups (broad SMARTS) is 1. The van der Waals surface area contributed by atoms with Crippen LogP contribution in [-0.4, -0.2) is 11.1 Å². The lowest BCUT2D eigenvalue weighted by atomic mass is 9.94. The fraction of sp³-hybridized carbons (Fsp3) is 0.133. The number of halogens is 3. The van der Waals surface area contributed by atoms with E-state index in [1.807, 2.05) is 0 Å². The van der Waals surface area contributed by atoms with E-state index in [1.165, 1.54) is 30.3 Å². The number of aryl methyl sites for hydroxylation is 1. The van der Waals surface area contributed by atoms with Crippen molar-refractivity contribution in [2.24, 2.45) is 0 Å². The first-order chi connectivity index (χ1) is 9.30. The molecule has 2 aromatic rings. The zero-order valence-electron chi connectivity index (χ0n) is 10.5. The molecule has 0 aliphatic heterocycles. The highest BCUT2D eigenvalue weighted by molar-refractivity contribution is 5.96. The predicted octanol–water partition coefficient (Wildman–Crippen LogP) is 4.38. The molecule has 0 atom stereocenters. The molecule has 2 rings (SSSR count). The van der Waals surface area contributed by atoms with Crippen LogP contribution in [0.5, 0.6) is 0 Å². The van der Waals surface area contributed by atoms with Crippen LogP contribution in [0.25, 0.3) is 11.1 Å². The second kappa shape index (κ2) is 5.00. The van der Waals surface area contributed by atoms with Crippen molar-refractivity contribution >= 4 is 5.97 Å². The molecule has 2 aromatic carbocycles. The molecule has 0 heterocycles. The summed E-state index contributed by atoms with van der Waals surface area (Å²) in [7, 11) is 0. The van der Waals surface area contributed by atoms with E-state index in [-0.39, 0.29) is 16.7 Å². The minimum atomic E-state index is -4.53. The number of hydrogen-bond acceptors (Lipinski definition) is 1. The Balaban J connectivity index is 2.73. The maximum Gasteiger partial charge on any atom is 0.417 e. The number of carboxylic acids is 1. The molecule has 0 fully saturated rings. The zero-order chi connectivity index (χ0) is 14.9. The Kier molecular flexibility index (Phi) is 3.53. The summed E-state index contributed by atoms with van der Waals surface area (Å²) in [6.45, 7) is 1.69. The van der Waals surface area contributed by atoms with Crippen molar-refractivity contribution < 1.29 is 23.1 Å². The van der Waals surface area contributed by atoms with Crippen LogP contribution < -0.4 is 0 Å². The van der Waals surface area contributed by atoms with Crippen LogP contribution in [0.2, 0.25) is 0 Å². The number of aromatic carboxylic acids is 1. The van der Waals surface area contributed by atoms with Crippen molar-refractivity contribution in [1.29, 1.82) is 0 Å². The molecule has 5 heteroatoms. The lowest BCUT2D eigenvalue weighted by Crippen LogP contribution is -2.09. The number of carbonyl (C=O) groups is 1. The molecule has 0 aromatic heterocycles. The largest absolute Gasteiger partial charge is 0.478 e. The lowest BCUT2D eigenvalue weighted by Gasteiger charge is -2.14. The maximum atomic E-state index is 13.0. The minimum absolute atomic E-state index is 0.0658. The normalized spacial score (nSPS) is 11.4. The first-order valence-electron chi connectivity index (χ1n) is 5.81. The van der Waals surface area contributed by atoms with Crippen LogP contribution in [0.15, 0.2) is 42.5 Å². The van der Waals surface area contributed by atoms with E-state index in [1.54, 1.807) is 13.0 Å². The Morgan fingerprint density at radius 2 is 1.70 bits per heavy atom. The summed E-state index contributed by atoms with van der Waals surface area (Å²) in [4.78, 5) is 11.2. The van der Waals surface area contributed by atoms with Gasteiger partial charge in [-0.25, -0.2) is 4.79 Å². The molecule has 2 nitrogen and oxygen atoms in total. The van der Waals surface area contributed by atoms with Crippen molar-refractivity contribution in [1.82, 2.24) is 0 Å². The summed E-state index contributed by atoms with van der Waals surface area (Å²) in [5.74, 6) is -1.25. The van der Waals surface area contributed by atoms with Gasteiger partial charge in [-0.1, -0.05) is 35.9 Å². The van der Waals surface area contributed by atoms with Gasteiger partial charge in [-0.2, -0.15) is 13.2 Å². The summed E-state index contributed by atoms with van der Waals surface area (Å²) in [5.41, 5.74) is -0.364. The van der Waals surface area contributed by atoms with Gasteiger partial charge in [0, 0.05) is 0 Å². The Morgan fingerprint density at radius 1 is 1.05 bits per heavy atom. The molecule has 0 radical (unpaired) electrons. The van der Waals surface area contributed by atoms with Gasteiger partial charge < -0.3 is 5.11 Å². The number of alkyl halides is 3. The molecule has 104 valence electrons. The van der Waals surface area contributed by atoms with Gasteiger partial charge in [0.25, 0.3) is 0 Å². The number of benzene rings is 2. The summed E-state index contributed by atoms with van der Waals surface area (Å²) in [6.07, 6.45) is -4.53. The first-order valence-corrected chi connectivity index (χ1v) is 5.81. The average Bonchev–Trinajstić information content (AvgIpc) is 2.37. The van der Waals surface area contributed by atoms with Crippen molar-refractivity contribution in [3.05, 3.63) is 59.2 Å². The molecule has 1 N–H and O–H groups in total. The fourth-order valence-electron chi connectivity index (χ4n) is 2.04. The lowest BCUT2D eigenvalue weighted by molar-refractivity contribution is -0.137. The predicted molar refractivity (Wildman–Crippen MR) is 68.6 cm³/mol. The van der Waals surface area contributed by atoms with Crippen molar-refractivity contribution in [2.75, 3.05) is 0 Å². The topological polar surface area (TPSA) is 37.3 Å². The van der Waals surface area contributed by atoms with Crippen molar-refractivity contribution in [2.45, 2.75) is 13.1 Å². The van der Waals surface area contributed by atoms with Crippen LogP contribution in [0.1, 0.15) is 21.5 Å². The van der Waals surface area contributed by atoms with E-state index in [0.29, 0.717) is 5.56 Å². The van der Waals surface area contributed by atoms with Gasteiger partial charge in [0.2, 0.25) is 0 Å². The van der Waals surface area contributed by atoms with Gasteiger partial charge in [-0.3, -0.25) is 0 Å². The Labute approximate surface area is 113 Å². The Morgan fingerprint density at radius 3 is 2.30 bits per heavy atom. The first kappa shape index (κ1) is 14.1. The molecule has 0 amide bonds. The second-order valence-corrected chi connectivity index (χ2v) is 4.40. The van der Waals surface area contributed by atoms with Crippen LogP contribution in [-0.2, 0) is 6.18 Å². The van der Waals surface area contributed by atoms with Crippen molar-refractivity contribution in [3.63, 3.8) is 0 Å². The minimum Gasteiger partial charge on any atom is -0.478 e. The monoisotopic (exact) mass is 280 g/mol. The van der Waals surface area contributed by atoms with Crippen LogP contribution in [0.4, 0.5) is 13.2 Å². The van der Waals surface area contributed by atoms with E-state index < -0.39 is 17.7 Å². The summed E-state index contributed by atoms with van der Waals surface area (Å²) < 4.78 is 39.0. The van der Waals surface area contributed by atoms with E-state index in [9.17, 15) is 18.0 Å². The summed E-state index contributed by atoms with van der Waals surface area (Å²) >= 11 is 0. The highest BCUT2D eigenvalue weighted by atomic mass is 19.4. The third-order valence-electron chi connectivity index (χ3n) is 2.93. The standard InChI is InChI=1S/C15H11F3O2/c1-9-6-7-10(12(8-9)14(19)20)11-4-2-3-5-13(11)15(16,17)18/h2-8H,1H3,(H,19,20). The molecular weight excluding hydrogens is 269 g/mol. The van der Waals surface area contributed by atoms with Gasteiger partial charge in [-0.05, 0) is 30.2 Å². The molecule has 0 aliphatic rings. The van der Waals surface area contributed by atoms with Gasteiger partial charge in [-0.15, -0.1) is 0 Å². The molecule has 0 spiro atoms. The van der Waals surface area contributed by atoms with Gasteiger partial charge >= 0.3 is 12.1 Å². The molecule has 0 saturated heterocycles. The third kappa shape index (κ3) is 2.66. The summed E-state index contributed by atoms with van der Waals surface area (Å²) in [5, 5.41) is 9.16. The maximum absolute atomic E-state index is 13.0. The molecule has 0 aliphatic carbocycles. The van der Waals surface area contributed by atoms with Crippen LogP contribution in [0.3, 0.4) is 0 Å². The van der Waals surface area contributed by atoms with E-state index in [0.717, 1.165) is 6.07 Å². The van der Waals surface area contributed by atoms with Gasteiger partial charge in [0.05, 0.1) is 11.1 Å². The van der Waals surface area contributed by atoms with E-state index in [4.69, 9.17) is 5.11 Å². The average molecular weight is 280 g/mol. The molecule has 0 unspecified atom stereocenters. The van der Waals surface area contributed by atoms with Gasteiger partial charge in [0.1, 0.15) is 0 Å². The number of hydrogen-bond donors (Lipinski definition) is 1. The highest BCUT2D eigenvalue weighted by Crippen LogP contribution is 2.38. The second-order valence-electron chi connectivity index (χ2n) is 4.40. The fourth-order valence-corrected chi connectivity index (χ4v) is 2.04. The molecule has 0 saturated carbocycles. The highest BCUT2D eigenvalue weighted by Gasteiger charge is 2.34. The quantitative estimate of drug-likeness (QED) is 0.886. The molecular formula is C15H11F3O2. The van der Waals surface area contributed by atoms with Crippen LogP contribution in [0, 0.1) is 6.92 Å². The molecule has 0 bridgehead atoms. The Bertz CT molecular complexity index is 660. The van der Waals surface area contributed by atoms with Crippen LogP contribution >= 0.6 is 0 Å². The zero-order valence-corrected chi connectivity index (χ0v) is 10.5. The SMILES string of the molecule is Cc1ccc(-c2ccccc2C(F)(F)F)c(C(=O)O)c1. The third-order valence-corrected chi connectivity index (χ3v) is 2.93. The van der Waals surface area contributed by atoms with Crippen molar-refractivity contribution in [3.8, 4) is 11.1 Å². The van der Waals surface area contributed by atoms with Gasteiger partial charge in [0.15, 0.2) is 0 Å². The Hall–Kier alpha value is -2.30.